The summed E-state index contributed by atoms with van der Waals surface area (Å²) in [4.78, 5) is 9.09. The fourth-order valence-electron chi connectivity index (χ4n) is 3.68. The molecule has 3 N–H and O–H groups in total. The number of nitrogens with zero attached hydrogens (tertiary/aromatic N) is 3. The Labute approximate surface area is 143 Å². The molecule has 1 saturated carbocycles. The van der Waals surface area contributed by atoms with E-state index in [1.54, 1.807) is 0 Å². The van der Waals surface area contributed by atoms with Gasteiger partial charge in [0.25, 0.3) is 0 Å². The molecule has 24 heavy (non-hydrogen) atoms. The van der Waals surface area contributed by atoms with E-state index in [4.69, 9.17) is 10.5 Å². The number of hydrogen-bond acceptors (Lipinski definition) is 5. The highest BCUT2D eigenvalue weighted by molar-refractivity contribution is 5.88. The van der Waals surface area contributed by atoms with Gasteiger partial charge in [-0.3, -0.25) is 0 Å². The van der Waals surface area contributed by atoms with Crippen molar-refractivity contribution in [3.8, 4) is 0 Å². The van der Waals surface area contributed by atoms with Crippen molar-refractivity contribution in [2.75, 3.05) is 12.3 Å². The summed E-state index contributed by atoms with van der Waals surface area (Å²) in [7, 11) is 0. The first-order valence-electron chi connectivity index (χ1n) is 8.87. The summed E-state index contributed by atoms with van der Waals surface area (Å²) in [5, 5.41) is 11.0. The van der Waals surface area contributed by atoms with Crippen molar-refractivity contribution in [1.29, 1.82) is 0 Å². The van der Waals surface area contributed by atoms with Gasteiger partial charge in [0, 0.05) is 12.3 Å². The average Bonchev–Trinajstić information content (AvgIpc) is 2.90. The first-order valence-corrected chi connectivity index (χ1v) is 8.87. The van der Waals surface area contributed by atoms with Crippen LogP contribution in [-0.4, -0.2) is 31.8 Å². The Hall–Kier alpha value is -1.66. The van der Waals surface area contributed by atoms with Crippen LogP contribution in [0.1, 0.15) is 56.1 Å². The number of aliphatic hydroxyl groups is 1. The van der Waals surface area contributed by atoms with Gasteiger partial charge in [0.2, 0.25) is 0 Å². The van der Waals surface area contributed by atoms with Crippen LogP contribution in [0.15, 0.2) is 0 Å². The summed E-state index contributed by atoms with van der Waals surface area (Å²) in [6, 6.07) is 0. The minimum Gasteiger partial charge on any atom is -0.388 e. The molecule has 2 aromatic rings. The molecule has 0 saturated heterocycles. The van der Waals surface area contributed by atoms with Gasteiger partial charge in [-0.1, -0.05) is 19.3 Å². The number of pyridine rings is 1. The van der Waals surface area contributed by atoms with Crippen molar-refractivity contribution in [2.24, 2.45) is 0 Å². The predicted octanol–water partition coefficient (Wildman–Crippen LogP) is 2.86. The summed E-state index contributed by atoms with van der Waals surface area (Å²) >= 11 is 0. The van der Waals surface area contributed by atoms with Gasteiger partial charge in [0.15, 0.2) is 5.82 Å². The molecule has 0 atom stereocenters. The van der Waals surface area contributed by atoms with Gasteiger partial charge in [-0.25, -0.2) is 9.97 Å². The lowest BCUT2D eigenvalue weighted by Gasteiger charge is -2.33. The average molecular weight is 332 g/mol. The maximum Gasteiger partial charge on any atom is 0.151 e. The molecular formula is C18H28N4O2. The van der Waals surface area contributed by atoms with Crippen LogP contribution in [0.2, 0.25) is 0 Å². The smallest absolute Gasteiger partial charge is 0.151 e. The molecule has 0 radical (unpaired) electrons. The molecule has 2 aromatic heterocycles. The maximum atomic E-state index is 11.0. The van der Waals surface area contributed by atoms with E-state index in [0.717, 1.165) is 48.3 Å². The maximum absolute atomic E-state index is 11.0. The Balaban J connectivity index is 2.11. The van der Waals surface area contributed by atoms with Crippen LogP contribution in [-0.2, 0) is 17.9 Å². The highest BCUT2D eigenvalue weighted by Crippen LogP contribution is 2.33. The molecule has 2 heterocycles. The van der Waals surface area contributed by atoms with E-state index in [1.807, 2.05) is 20.8 Å². The summed E-state index contributed by atoms with van der Waals surface area (Å²) in [5.74, 6) is 1.26. The zero-order valence-corrected chi connectivity index (χ0v) is 14.9. The highest BCUT2D eigenvalue weighted by atomic mass is 16.5. The quantitative estimate of drug-likeness (QED) is 0.879. The lowest BCUT2D eigenvalue weighted by molar-refractivity contribution is -0.0124. The summed E-state index contributed by atoms with van der Waals surface area (Å²) in [5.41, 5.74) is 9.10. The van der Waals surface area contributed by atoms with Crippen molar-refractivity contribution in [3.05, 3.63) is 17.1 Å². The Morgan fingerprint density at radius 2 is 1.92 bits per heavy atom. The van der Waals surface area contributed by atoms with Gasteiger partial charge in [0.1, 0.15) is 17.9 Å². The molecular weight excluding hydrogens is 304 g/mol. The number of aryl methyl sites for hydroxylation is 2. The minimum absolute atomic E-state index is 0.416. The lowest BCUT2D eigenvalue weighted by Crippen LogP contribution is -2.37. The third kappa shape index (κ3) is 3.13. The number of aromatic nitrogens is 3. The zero-order valence-electron chi connectivity index (χ0n) is 14.9. The lowest BCUT2D eigenvalue weighted by atomic mass is 9.84. The predicted molar refractivity (Wildman–Crippen MR) is 94.8 cm³/mol. The standard InChI is InChI=1S/C18H28N4O2/c1-4-24-10-14-21-15-16(12(2)13(3)20-17(15)19)22(14)11-18(23)8-6-5-7-9-18/h23H,4-11H2,1-3H3,(H2,19,20). The first-order chi connectivity index (χ1) is 11.4. The Morgan fingerprint density at radius 1 is 1.21 bits per heavy atom. The van der Waals surface area contributed by atoms with Gasteiger partial charge in [-0.05, 0) is 39.2 Å². The van der Waals surface area contributed by atoms with Gasteiger partial charge in [-0.2, -0.15) is 0 Å². The normalized spacial score (nSPS) is 17.5. The molecule has 0 aliphatic heterocycles. The second kappa shape index (κ2) is 6.69. The third-order valence-electron chi connectivity index (χ3n) is 5.15. The molecule has 1 aliphatic carbocycles. The van der Waals surface area contributed by atoms with Crippen molar-refractivity contribution in [3.63, 3.8) is 0 Å². The van der Waals surface area contributed by atoms with Gasteiger partial charge >= 0.3 is 0 Å². The van der Waals surface area contributed by atoms with Crippen LogP contribution >= 0.6 is 0 Å². The van der Waals surface area contributed by atoms with E-state index in [9.17, 15) is 5.11 Å². The number of nitrogen functional groups attached to an aromatic ring is 1. The van der Waals surface area contributed by atoms with Gasteiger partial charge in [-0.15, -0.1) is 0 Å². The largest absolute Gasteiger partial charge is 0.388 e. The molecule has 0 amide bonds. The first kappa shape index (κ1) is 17.2. The zero-order chi connectivity index (χ0) is 17.3. The van der Waals surface area contributed by atoms with Crippen LogP contribution in [0.4, 0.5) is 5.82 Å². The number of fused-ring (bicyclic) bond motifs is 1. The molecule has 0 bridgehead atoms. The Bertz CT molecular complexity index is 732. The van der Waals surface area contributed by atoms with Crippen LogP contribution < -0.4 is 5.73 Å². The van der Waals surface area contributed by atoms with Crippen LogP contribution in [0.5, 0.6) is 0 Å². The van der Waals surface area contributed by atoms with E-state index >= 15 is 0 Å². The molecule has 132 valence electrons. The van der Waals surface area contributed by atoms with Crippen molar-refractivity contribution in [2.45, 2.75) is 71.6 Å². The summed E-state index contributed by atoms with van der Waals surface area (Å²) in [6.45, 7) is 7.54. The molecule has 6 heteroatoms. The summed E-state index contributed by atoms with van der Waals surface area (Å²) < 4.78 is 7.70. The second-order valence-electron chi connectivity index (χ2n) is 6.94. The van der Waals surface area contributed by atoms with Crippen LogP contribution in [0.25, 0.3) is 11.0 Å². The van der Waals surface area contributed by atoms with Crippen molar-refractivity contribution >= 4 is 16.9 Å². The van der Waals surface area contributed by atoms with Crippen LogP contribution in [0.3, 0.4) is 0 Å². The van der Waals surface area contributed by atoms with Gasteiger partial charge in [0.05, 0.1) is 17.7 Å². The fourth-order valence-corrected chi connectivity index (χ4v) is 3.68. The minimum atomic E-state index is -0.675. The number of imidazole rings is 1. The van der Waals surface area contributed by atoms with Gasteiger partial charge < -0.3 is 20.1 Å². The number of ether oxygens (including phenoxy) is 1. The molecule has 0 unspecified atom stereocenters. The highest BCUT2D eigenvalue weighted by Gasteiger charge is 2.32. The second-order valence-corrected chi connectivity index (χ2v) is 6.94. The fraction of sp³-hybridized carbons (Fsp3) is 0.667. The monoisotopic (exact) mass is 332 g/mol. The number of anilines is 1. The molecule has 6 nitrogen and oxygen atoms in total. The molecule has 1 fully saturated rings. The van der Waals surface area contributed by atoms with E-state index in [1.165, 1.54) is 6.42 Å². The summed E-state index contributed by atoms with van der Waals surface area (Å²) in [6.07, 6.45) is 5.02. The number of hydrogen-bond donors (Lipinski definition) is 2. The number of nitrogens with two attached hydrogens (primary N) is 1. The van der Waals surface area contributed by atoms with E-state index in [-0.39, 0.29) is 0 Å². The number of rotatable bonds is 5. The Morgan fingerprint density at radius 3 is 2.58 bits per heavy atom. The van der Waals surface area contributed by atoms with E-state index in [2.05, 4.69) is 14.5 Å². The van der Waals surface area contributed by atoms with E-state index < -0.39 is 5.60 Å². The Kier molecular flexibility index (Phi) is 4.78. The molecule has 3 rings (SSSR count). The topological polar surface area (TPSA) is 86.2 Å². The van der Waals surface area contributed by atoms with Crippen LogP contribution in [0, 0.1) is 13.8 Å². The third-order valence-corrected chi connectivity index (χ3v) is 5.15. The van der Waals surface area contributed by atoms with Crippen molar-refractivity contribution in [1.82, 2.24) is 14.5 Å². The van der Waals surface area contributed by atoms with E-state index in [0.29, 0.717) is 31.1 Å². The molecule has 0 aromatic carbocycles. The molecule has 0 spiro atoms. The van der Waals surface area contributed by atoms with Crippen molar-refractivity contribution < 1.29 is 9.84 Å². The molecule has 1 aliphatic rings. The SMILES string of the molecule is CCOCc1nc2c(N)nc(C)c(C)c2n1CC1(O)CCCCC1.